The van der Waals surface area contributed by atoms with Crippen molar-refractivity contribution in [3.8, 4) is 0 Å². The van der Waals surface area contributed by atoms with Gasteiger partial charge in [0.05, 0.1) is 11.5 Å². The summed E-state index contributed by atoms with van der Waals surface area (Å²) >= 11 is 0. The molecule has 0 bridgehead atoms. The van der Waals surface area contributed by atoms with Gasteiger partial charge in [-0.2, -0.15) is 0 Å². The lowest BCUT2D eigenvalue weighted by molar-refractivity contribution is -0.136. The molecule has 1 aliphatic heterocycles. The van der Waals surface area contributed by atoms with Crippen LogP contribution in [0.15, 0.2) is 0 Å². The van der Waals surface area contributed by atoms with Gasteiger partial charge in [0.2, 0.25) is 5.91 Å². The normalized spacial score (nSPS) is 21.2. The third-order valence-corrected chi connectivity index (χ3v) is 4.40. The fraction of sp³-hybridized carbons (Fsp3) is 0.929. The minimum atomic E-state index is -0.293. The van der Waals surface area contributed by atoms with Gasteiger partial charge in [0.1, 0.15) is 0 Å². The number of ether oxygens (including phenoxy) is 1. The molecule has 1 fully saturated rings. The second kappa shape index (κ2) is 5.85. The lowest BCUT2D eigenvalue weighted by atomic mass is 9.70. The molecule has 1 rings (SSSR count). The zero-order chi connectivity index (χ0) is 13.1. The highest BCUT2D eigenvalue weighted by Crippen LogP contribution is 2.35. The molecule has 3 heteroatoms. The van der Waals surface area contributed by atoms with E-state index >= 15 is 0 Å². The zero-order valence-electron chi connectivity index (χ0n) is 11.9. The van der Waals surface area contributed by atoms with Crippen molar-refractivity contribution in [3.05, 3.63) is 0 Å². The molecule has 0 radical (unpaired) electrons. The highest BCUT2D eigenvalue weighted by Gasteiger charge is 2.39. The third-order valence-electron chi connectivity index (χ3n) is 4.40. The lowest BCUT2D eigenvalue weighted by Gasteiger charge is -2.36. The van der Waals surface area contributed by atoms with Crippen molar-refractivity contribution in [1.29, 1.82) is 0 Å². The average molecular weight is 241 g/mol. The molecular weight excluding hydrogens is 214 g/mol. The fourth-order valence-corrected chi connectivity index (χ4v) is 2.39. The van der Waals surface area contributed by atoms with Gasteiger partial charge in [-0.05, 0) is 24.7 Å². The van der Waals surface area contributed by atoms with E-state index < -0.39 is 0 Å². The summed E-state index contributed by atoms with van der Waals surface area (Å²) in [6.07, 6.45) is 2.41. The van der Waals surface area contributed by atoms with Crippen molar-refractivity contribution in [2.24, 2.45) is 17.3 Å². The van der Waals surface area contributed by atoms with Crippen molar-refractivity contribution in [2.75, 3.05) is 13.2 Å². The quantitative estimate of drug-likeness (QED) is 0.803. The van der Waals surface area contributed by atoms with Crippen LogP contribution >= 0.6 is 0 Å². The molecule has 0 aliphatic carbocycles. The van der Waals surface area contributed by atoms with Gasteiger partial charge >= 0.3 is 0 Å². The first kappa shape index (κ1) is 14.5. The number of carbonyl (C=O) groups excluding carboxylic acids is 1. The molecule has 17 heavy (non-hydrogen) atoms. The number of rotatable bonds is 5. The van der Waals surface area contributed by atoms with Gasteiger partial charge in [-0.3, -0.25) is 4.79 Å². The first-order valence-corrected chi connectivity index (χ1v) is 6.79. The van der Waals surface area contributed by atoms with Crippen LogP contribution in [0.2, 0.25) is 0 Å². The van der Waals surface area contributed by atoms with Gasteiger partial charge in [-0.25, -0.2) is 0 Å². The lowest BCUT2D eigenvalue weighted by Crippen LogP contribution is -2.47. The SMILES string of the molecule is CC(C)C(C)(C(=O)NC[C@@H]1CCCO1)C(C)C. The smallest absolute Gasteiger partial charge is 0.226 e. The molecule has 1 atom stereocenters. The van der Waals surface area contributed by atoms with Crippen LogP contribution in [0.3, 0.4) is 0 Å². The molecule has 0 aromatic carbocycles. The molecule has 1 heterocycles. The topological polar surface area (TPSA) is 38.3 Å². The monoisotopic (exact) mass is 241 g/mol. The standard InChI is InChI=1S/C14H27NO2/c1-10(2)14(5,11(3)4)13(16)15-9-12-7-6-8-17-12/h10-12H,6-9H2,1-5H3,(H,15,16)/t12-/m0/s1. The van der Waals surface area contributed by atoms with Crippen molar-refractivity contribution in [3.63, 3.8) is 0 Å². The van der Waals surface area contributed by atoms with Crippen molar-refractivity contribution < 1.29 is 9.53 Å². The predicted octanol–water partition coefficient (Wildman–Crippen LogP) is 2.60. The number of hydrogen-bond acceptors (Lipinski definition) is 2. The molecule has 100 valence electrons. The summed E-state index contributed by atoms with van der Waals surface area (Å²) in [5.41, 5.74) is -0.293. The molecule has 0 aromatic heterocycles. The van der Waals surface area contributed by atoms with E-state index in [1.807, 2.05) is 0 Å². The molecule has 3 nitrogen and oxygen atoms in total. The van der Waals surface area contributed by atoms with Crippen LogP contribution in [-0.4, -0.2) is 25.2 Å². The van der Waals surface area contributed by atoms with E-state index in [2.05, 4.69) is 39.9 Å². The summed E-state index contributed by atoms with van der Waals surface area (Å²) in [4.78, 5) is 12.3. The van der Waals surface area contributed by atoms with Gasteiger partial charge < -0.3 is 10.1 Å². The largest absolute Gasteiger partial charge is 0.376 e. The Hall–Kier alpha value is -0.570. The maximum atomic E-state index is 12.3. The van der Waals surface area contributed by atoms with Crippen LogP contribution in [-0.2, 0) is 9.53 Å². The Labute approximate surface area is 105 Å². The number of amides is 1. The Balaban J connectivity index is 2.53. The van der Waals surface area contributed by atoms with Crippen LogP contribution < -0.4 is 5.32 Å². The summed E-state index contributed by atoms with van der Waals surface area (Å²) in [6, 6.07) is 0. The van der Waals surface area contributed by atoms with Crippen molar-refractivity contribution in [2.45, 2.75) is 53.6 Å². The van der Waals surface area contributed by atoms with Crippen LogP contribution in [0.25, 0.3) is 0 Å². The first-order chi connectivity index (χ1) is 7.89. The summed E-state index contributed by atoms with van der Waals surface area (Å²) < 4.78 is 5.52. The van der Waals surface area contributed by atoms with Gasteiger partial charge in [0.25, 0.3) is 0 Å². The van der Waals surface area contributed by atoms with Crippen LogP contribution in [0.5, 0.6) is 0 Å². The Bertz CT molecular complexity index is 247. The van der Waals surface area contributed by atoms with E-state index in [1.165, 1.54) is 0 Å². The van der Waals surface area contributed by atoms with E-state index in [9.17, 15) is 4.79 Å². The highest BCUT2D eigenvalue weighted by molar-refractivity contribution is 5.82. The van der Waals surface area contributed by atoms with E-state index in [1.54, 1.807) is 0 Å². The molecule has 1 aliphatic rings. The first-order valence-electron chi connectivity index (χ1n) is 6.79. The Morgan fingerprint density at radius 3 is 2.35 bits per heavy atom. The fourth-order valence-electron chi connectivity index (χ4n) is 2.39. The second-order valence-electron chi connectivity index (χ2n) is 5.94. The molecule has 1 N–H and O–H groups in total. The number of nitrogens with one attached hydrogen (secondary N) is 1. The molecule has 0 aromatic rings. The van der Waals surface area contributed by atoms with E-state index in [0.29, 0.717) is 18.4 Å². The summed E-state index contributed by atoms with van der Waals surface area (Å²) in [5.74, 6) is 0.844. The molecule has 0 spiro atoms. The Kier molecular flexibility index (Phi) is 4.99. The Morgan fingerprint density at radius 2 is 1.94 bits per heavy atom. The summed E-state index contributed by atoms with van der Waals surface area (Å²) in [7, 11) is 0. The van der Waals surface area contributed by atoms with Gasteiger partial charge in [-0.15, -0.1) is 0 Å². The second-order valence-corrected chi connectivity index (χ2v) is 5.94. The number of carbonyl (C=O) groups is 1. The highest BCUT2D eigenvalue weighted by atomic mass is 16.5. The van der Waals surface area contributed by atoms with Gasteiger partial charge in [0.15, 0.2) is 0 Å². The van der Waals surface area contributed by atoms with Crippen LogP contribution in [0.4, 0.5) is 0 Å². The molecule has 0 unspecified atom stereocenters. The van der Waals surface area contributed by atoms with Gasteiger partial charge in [0, 0.05) is 13.2 Å². The van der Waals surface area contributed by atoms with Crippen molar-refractivity contribution >= 4 is 5.91 Å². The molecule has 1 amide bonds. The minimum absolute atomic E-state index is 0.165. The summed E-state index contributed by atoms with van der Waals surface area (Å²) in [6.45, 7) is 12.0. The Morgan fingerprint density at radius 1 is 1.35 bits per heavy atom. The number of hydrogen-bond donors (Lipinski definition) is 1. The van der Waals surface area contributed by atoms with Crippen LogP contribution in [0.1, 0.15) is 47.5 Å². The average Bonchev–Trinajstić information content (AvgIpc) is 2.76. The molecule has 1 saturated heterocycles. The van der Waals surface area contributed by atoms with E-state index in [0.717, 1.165) is 19.4 Å². The third kappa shape index (κ3) is 3.21. The zero-order valence-corrected chi connectivity index (χ0v) is 11.9. The predicted molar refractivity (Wildman–Crippen MR) is 69.8 cm³/mol. The molecular formula is C14H27NO2. The molecule has 0 saturated carbocycles. The van der Waals surface area contributed by atoms with E-state index in [4.69, 9.17) is 4.74 Å². The maximum absolute atomic E-state index is 12.3. The van der Waals surface area contributed by atoms with E-state index in [-0.39, 0.29) is 17.4 Å². The van der Waals surface area contributed by atoms with Crippen molar-refractivity contribution in [1.82, 2.24) is 5.32 Å². The maximum Gasteiger partial charge on any atom is 0.226 e. The minimum Gasteiger partial charge on any atom is -0.376 e. The van der Waals surface area contributed by atoms with Gasteiger partial charge in [-0.1, -0.05) is 34.6 Å². The van der Waals surface area contributed by atoms with Crippen LogP contribution in [0, 0.1) is 17.3 Å². The summed E-state index contributed by atoms with van der Waals surface area (Å²) in [5, 5.41) is 3.06.